The van der Waals surface area contributed by atoms with Crippen LogP contribution in [-0.2, 0) is 11.3 Å². The highest BCUT2D eigenvalue weighted by Gasteiger charge is 2.36. The molecule has 1 atom stereocenters. The summed E-state index contributed by atoms with van der Waals surface area (Å²) < 4.78 is 32.4. The molecule has 0 N–H and O–H groups in total. The Morgan fingerprint density at radius 3 is 2.62 bits per heavy atom. The fraction of sp³-hybridized carbons (Fsp3) is 0.321. The van der Waals surface area contributed by atoms with Crippen LogP contribution in [0.25, 0.3) is 5.57 Å². The van der Waals surface area contributed by atoms with Crippen molar-refractivity contribution in [3.63, 3.8) is 0 Å². The molecule has 34 heavy (non-hydrogen) atoms. The Hall–Kier alpha value is -2.37. The van der Waals surface area contributed by atoms with E-state index in [0.717, 1.165) is 45.4 Å². The van der Waals surface area contributed by atoms with Crippen molar-refractivity contribution in [3.8, 4) is 0 Å². The Bertz CT molecular complexity index is 1240. The fourth-order valence-electron chi connectivity index (χ4n) is 5.12. The Labute approximate surface area is 209 Å². The van der Waals surface area contributed by atoms with Gasteiger partial charge >= 0.3 is 0 Å². The molecule has 1 aliphatic heterocycles. The standard InChI is InChI=1S/C28H28ClF2NOS/c1-16-12-20(7-8-21(29)13-16)22-14-19(6-5-11-33)17(2)28-26(18(22)3)27-23(15-32(28)34-4)24(30)9-10-25(27)31/h7-11,13-14,19H,5-6,12,15H2,1-4H3. The summed E-state index contributed by atoms with van der Waals surface area (Å²) in [5.41, 5.74) is 7.50. The van der Waals surface area contributed by atoms with Gasteiger partial charge in [0, 0.05) is 40.3 Å². The van der Waals surface area contributed by atoms with Crippen LogP contribution in [0.5, 0.6) is 0 Å². The third-order valence-corrected chi connectivity index (χ3v) is 7.77. The number of aldehydes is 1. The molecule has 3 aliphatic rings. The number of carbonyl (C=O) groups excluding carboxylic acids is 1. The molecule has 0 saturated heterocycles. The van der Waals surface area contributed by atoms with Gasteiger partial charge in [-0.15, -0.1) is 0 Å². The lowest BCUT2D eigenvalue weighted by molar-refractivity contribution is -0.108. The van der Waals surface area contributed by atoms with Crippen molar-refractivity contribution in [2.75, 3.05) is 6.26 Å². The summed E-state index contributed by atoms with van der Waals surface area (Å²) in [5.74, 6) is -0.832. The lowest BCUT2D eigenvalue weighted by Crippen LogP contribution is -2.26. The van der Waals surface area contributed by atoms with Crippen molar-refractivity contribution in [1.82, 2.24) is 4.31 Å². The van der Waals surface area contributed by atoms with Gasteiger partial charge in [-0.3, -0.25) is 0 Å². The number of hydrogen-bond donors (Lipinski definition) is 0. The molecule has 0 fully saturated rings. The van der Waals surface area contributed by atoms with Crippen LogP contribution in [-0.4, -0.2) is 16.8 Å². The predicted molar refractivity (Wildman–Crippen MR) is 138 cm³/mol. The molecule has 0 saturated carbocycles. The molecule has 0 aromatic heterocycles. The molecule has 0 spiro atoms. The molecule has 4 rings (SSSR count). The molecule has 1 aromatic carbocycles. The van der Waals surface area contributed by atoms with Gasteiger partial charge in [0.2, 0.25) is 0 Å². The second-order valence-corrected chi connectivity index (χ2v) is 10.2. The Morgan fingerprint density at radius 2 is 1.91 bits per heavy atom. The number of carbonyl (C=O) groups is 1. The van der Waals surface area contributed by atoms with Crippen LogP contribution in [0.1, 0.15) is 51.2 Å². The van der Waals surface area contributed by atoms with E-state index in [9.17, 15) is 9.18 Å². The zero-order chi connectivity index (χ0) is 24.6. The highest BCUT2D eigenvalue weighted by atomic mass is 35.5. The highest BCUT2D eigenvalue weighted by molar-refractivity contribution is 7.96. The van der Waals surface area contributed by atoms with Gasteiger partial charge in [-0.1, -0.05) is 41.3 Å². The predicted octanol–water partition coefficient (Wildman–Crippen LogP) is 8.04. The summed E-state index contributed by atoms with van der Waals surface area (Å²) in [5, 5.41) is 0.657. The maximum absolute atomic E-state index is 15.4. The van der Waals surface area contributed by atoms with E-state index in [-0.39, 0.29) is 12.5 Å². The third-order valence-electron chi connectivity index (χ3n) is 6.78. The van der Waals surface area contributed by atoms with Crippen molar-refractivity contribution < 1.29 is 13.6 Å². The summed E-state index contributed by atoms with van der Waals surface area (Å²) in [6.07, 6.45) is 12.7. The van der Waals surface area contributed by atoms with E-state index in [2.05, 4.69) is 6.08 Å². The number of nitrogens with zero attached hydrogens (tertiary/aromatic N) is 1. The van der Waals surface area contributed by atoms with Crippen LogP contribution in [0.4, 0.5) is 8.78 Å². The van der Waals surface area contributed by atoms with Gasteiger partial charge < -0.3 is 9.10 Å². The minimum Gasteiger partial charge on any atom is -0.311 e. The molecule has 2 aliphatic carbocycles. The first-order chi connectivity index (χ1) is 16.3. The molecular weight excluding hydrogens is 472 g/mol. The van der Waals surface area contributed by atoms with E-state index in [1.54, 1.807) is 0 Å². The van der Waals surface area contributed by atoms with E-state index >= 15 is 4.39 Å². The largest absolute Gasteiger partial charge is 0.311 e. The van der Waals surface area contributed by atoms with Crippen LogP contribution >= 0.6 is 23.5 Å². The third kappa shape index (κ3) is 4.48. The smallest absolute Gasteiger partial charge is 0.131 e. The zero-order valence-corrected chi connectivity index (χ0v) is 21.4. The normalized spacial score (nSPS) is 20.6. The van der Waals surface area contributed by atoms with Crippen LogP contribution in [0.15, 0.2) is 75.0 Å². The second kappa shape index (κ2) is 10.1. The summed E-state index contributed by atoms with van der Waals surface area (Å²) >= 11 is 7.82. The number of halogens is 3. The lowest BCUT2D eigenvalue weighted by atomic mass is 9.84. The van der Waals surface area contributed by atoms with Gasteiger partial charge in [0.15, 0.2) is 0 Å². The first-order valence-electron chi connectivity index (χ1n) is 11.4. The van der Waals surface area contributed by atoms with Crippen LogP contribution in [0.2, 0.25) is 0 Å². The molecule has 6 heteroatoms. The summed E-state index contributed by atoms with van der Waals surface area (Å²) in [6.45, 7) is 6.35. The van der Waals surface area contributed by atoms with Gasteiger partial charge in [-0.2, -0.15) is 0 Å². The van der Waals surface area contributed by atoms with Crippen molar-refractivity contribution in [2.45, 2.75) is 46.6 Å². The molecule has 1 aromatic rings. The minimum absolute atomic E-state index is 0.0108. The quantitative estimate of drug-likeness (QED) is 0.302. The zero-order valence-electron chi connectivity index (χ0n) is 19.8. The minimum atomic E-state index is -0.420. The van der Waals surface area contributed by atoms with Crippen molar-refractivity contribution in [2.24, 2.45) is 5.92 Å². The molecule has 2 nitrogen and oxygen atoms in total. The highest BCUT2D eigenvalue weighted by Crippen LogP contribution is 2.49. The second-order valence-electron chi connectivity index (χ2n) is 8.98. The average Bonchev–Trinajstić information content (AvgIpc) is 3.04. The van der Waals surface area contributed by atoms with Crippen LogP contribution < -0.4 is 0 Å². The summed E-state index contributed by atoms with van der Waals surface area (Å²) in [6, 6.07) is 2.42. The van der Waals surface area contributed by atoms with Crippen LogP contribution in [0, 0.1) is 17.6 Å². The number of fused-ring (bicyclic) bond motifs is 3. The molecular formula is C28H28ClF2NOS. The van der Waals surface area contributed by atoms with E-state index in [0.29, 0.717) is 35.4 Å². The molecule has 0 radical (unpaired) electrons. The topological polar surface area (TPSA) is 20.3 Å². The monoisotopic (exact) mass is 499 g/mol. The molecule has 0 bridgehead atoms. The van der Waals surface area contributed by atoms with Gasteiger partial charge in [0.25, 0.3) is 0 Å². The molecule has 1 unspecified atom stereocenters. The van der Waals surface area contributed by atoms with Gasteiger partial charge in [0.05, 0.1) is 12.2 Å². The average molecular weight is 500 g/mol. The van der Waals surface area contributed by atoms with Gasteiger partial charge in [-0.25, -0.2) is 8.78 Å². The fourth-order valence-corrected chi connectivity index (χ4v) is 6.04. The lowest BCUT2D eigenvalue weighted by Gasteiger charge is -2.36. The number of benzene rings is 1. The molecule has 0 amide bonds. The SMILES string of the molecule is CSN1Cc2c(F)ccc(F)c2C2=C(C)C(C3=CC=C(Cl)C=C(C)C3)=CC(CCC=O)C(C)=C21. The van der Waals surface area contributed by atoms with Crippen LogP contribution in [0.3, 0.4) is 0 Å². The number of hydrogen-bond acceptors (Lipinski definition) is 3. The van der Waals surface area contributed by atoms with Crippen molar-refractivity contribution in [1.29, 1.82) is 0 Å². The first kappa shape index (κ1) is 24.7. The first-order valence-corrected chi connectivity index (χ1v) is 12.9. The van der Waals surface area contributed by atoms with Crippen molar-refractivity contribution >= 4 is 35.4 Å². The van der Waals surface area contributed by atoms with E-state index in [1.165, 1.54) is 24.1 Å². The number of rotatable bonds is 5. The maximum Gasteiger partial charge on any atom is 0.131 e. The van der Waals surface area contributed by atoms with E-state index < -0.39 is 11.6 Å². The Balaban J connectivity index is 2.04. The van der Waals surface area contributed by atoms with Gasteiger partial charge in [0.1, 0.15) is 17.9 Å². The van der Waals surface area contributed by atoms with Crippen molar-refractivity contribution in [3.05, 3.63) is 97.8 Å². The van der Waals surface area contributed by atoms with Gasteiger partial charge in [-0.05, 0) is 80.2 Å². The Morgan fingerprint density at radius 1 is 1.18 bits per heavy atom. The van der Waals surface area contributed by atoms with E-state index in [4.69, 9.17) is 11.6 Å². The maximum atomic E-state index is 15.4. The summed E-state index contributed by atoms with van der Waals surface area (Å²) in [4.78, 5) is 11.3. The summed E-state index contributed by atoms with van der Waals surface area (Å²) in [7, 11) is 0. The van der Waals surface area contributed by atoms with E-state index in [1.807, 2.05) is 49.6 Å². The molecule has 178 valence electrons. The Kier molecular flexibility index (Phi) is 7.34. The molecule has 1 heterocycles. The number of allylic oxidation sites excluding steroid dienone is 11.